The van der Waals surface area contributed by atoms with Crippen LogP contribution >= 0.6 is 0 Å². The van der Waals surface area contributed by atoms with Crippen LogP contribution in [0, 0.1) is 17.7 Å². The van der Waals surface area contributed by atoms with E-state index in [2.05, 4.69) is 17.2 Å². The maximum absolute atomic E-state index is 13.4. The molecule has 2 N–H and O–H groups in total. The predicted molar refractivity (Wildman–Crippen MR) is 79.3 cm³/mol. The number of nitrogens with one attached hydrogen (secondary N) is 1. The second-order valence-corrected chi connectivity index (χ2v) is 5.69. The van der Waals surface area contributed by atoms with Crippen molar-refractivity contribution in [3.63, 3.8) is 0 Å². The largest absolute Gasteiger partial charge is 0.395 e. The second kappa shape index (κ2) is 6.73. The fraction of sp³-hybridized carbons (Fsp3) is 0.471. The Morgan fingerprint density at radius 1 is 1.43 bits per heavy atom. The van der Waals surface area contributed by atoms with Crippen molar-refractivity contribution in [1.29, 1.82) is 0 Å². The quantitative estimate of drug-likeness (QED) is 0.840. The molecule has 0 bridgehead atoms. The van der Waals surface area contributed by atoms with Crippen molar-refractivity contribution in [3.05, 3.63) is 35.1 Å². The highest BCUT2D eigenvalue weighted by Crippen LogP contribution is 2.29. The van der Waals surface area contributed by atoms with Crippen LogP contribution in [0.25, 0.3) is 0 Å². The third-order valence-corrected chi connectivity index (χ3v) is 3.81. The number of aliphatic hydroxyl groups is 1. The molecule has 1 aromatic rings. The summed E-state index contributed by atoms with van der Waals surface area (Å²) in [5.41, 5.74) is 0.539. The van der Waals surface area contributed by atoms with Gasteiger partial charge in [-0.25, -0.2) is 4.39 Å². The standard InChI is InChI=1S/C17H20FNO2/c1-17(9-3-4-10-17)19-16(21)15-12-14(18)8-7-13(15)6-2-5-11-20/h7-8,12,20H,3-5,9-11H2,1H3,(H,19,21). The molecule has 21 heavy (non-hydrogen) atoms. The van der Waals surface area contributed by atoms with Gasteiger partial charge in [-0.15, -0.1) is 0 Å². The molecule has 0 saturated heterocycles. The zero-order valence-electron chi connectivity index (χ0n) is 12.2. The van der Waals surface area contributed by atoms with Crippen molar-refractivity contribution in [1.82, 2.24) is 5.32 Å². The van der Waals surface area contributed by atoms with E-state index in [9.17, 15) is 9.18 Å². The Labute approximate surface area is 124 Å². The smallest absolute Gasteiger partial charge is 0.253 e. The minimum Gasteiger partial charge on any atom is -0.395 e. The fourth-order valence-corrected chi connectivity index (χ4v) is 2.65. The summed E-state index contributed by atoms with van der Waals surface area (Å²) in [6.07, 6.45) is 4.42. The molecule has 1 fully saturated rings. The minimum atomic E-state index is -0.454. The van der Waals surface area contributed by atoms with Gasteiger partial charge >= 0.3 is 0 Å². The van der Waals surface area contributed by atoms with E-state index >= 15 is 0 Å². The second-order valence-electron chi connectivity index (χ2n) is 5.69. The van der Waals surface area contributed by atoms with Crippen LogP contribution in [0.2, 0.25) is 0 Å². The van der Waals surface area contributed by atoms with Crippen molar-refractivity contribution < 1.29 is 14.3 Å². The molecule has 0 aromatic heterocycles. The van der Waals surface area contributed by atoms with E-state index in [1.54, 1.807) is 0 Å². The molecule has 0 radical (unpaired) electrons. The molecule has 1 amide bonds. The highest BCUT2D eigenvalue weighted by atomic mass is 19.1. The molecule has 1 saturated carbocycles. The van der Waals surface area contributed by atoms with Crippen LogP contribution in [0.5, 0.6) is 0 Å². The number of carbonyl (C=O) groups is 1. The van der Waals surface area contributed by atoms with Gasteiger partial charge in [0.05, 0.1) is 12.2 Å². The summed E-state index contributed by atoms with van der Waals surface area (Å²) >= 11 is 0. The summed E-state index contributed by atoms with van der Waals surface area (Å²) in [5, 5.41) is 11.8. The summed E-state index contributed by atoms with van der Waals surface area (Å²) in [5.74, 6) is 4.85. The van der Waals surface area contributed by atoms with Crippen molar-refractivity contribution in [2.24, 2.45) is 0 Å². The molecule has 1 aromatic carbocycles. The molecule has 112 valence electrons. The van der Waals surface area contributed by atoms with Gasteiger partial charge in [-0.05, 0) is 38.0 Å². The van der Waals surface area contributed by atoms with Crippen molar-refractivity contribution in [3.8, 4) is 11.8 Å². The van der Waals surface area contributed by atoms with Gasteiger partial charge < -0.3 is 10.4 Å². The van der Waals surface area contributed by atoms with E-state index in [-0.39, 0.29) is 23.6 Å². The van der Waals surface area contributed by atoms with E-state index in [1.165, 1.54) is 18.2 Å². The molecule has 2 rings (SSSR count). The number of amides is 1. The average Bonchev–Trinajstić information content (AvgIpc) is 2.87. The first-order valence-electron chi connectivity index (χ1n) is 7.26. The van der Waals surface area contributed by atoms with Crippen LogP contribution < -0.4 is 5.32 Å². The first-order chi connectivity index (χ1) is 10.0. The molecule has 0 atom stereocenters. The molecule has 1 aliphatic carbocycles. The van der Waals surface area contributed by atoms with Crippen LogP contribution in [-0.4, -0.2) is 23.2 Å². The number of carbonyl (C=O) groups excluding carboxylic acids is 1. The lowest BCUT2D eigenvalue weighted by Crippen LogP contribution is -2.43. The van der Waals surface area contributed by atoms with Crippen LogP contribution in [0.3, 0.4) is 0 Å². The summed E-state index contributed by atoms with van der Waals surface area (Å²) in [6.45, 7) is 1.99. The van der Waals surface area contributed by atoms with Gasteiger partial charge in [-0.2, -0.15) is 0 Å². The van der Waals surface area contributed by atoms with Crippen molar-refractivity contribution in [2.45, 2.75) is 44.6 Å². The molecule has 1 aliphatic rings. The lowest BCUT2D eigenvalue weighted by atomic mass is 9.99. The Kier molecular flexibility index (Phi) is 4.98. The molecule has 0 aliphatic heterocycles. The SMILES string of the molecule is CC1(NC(=O)c2cc(F)ccc2C#CCCO)CCCC1. The van der Waals surface area contributed by atoms with Gasteiger partial charge in [0.15, 0.2) is 0 Å². The number of hydrogen-bond donors (Lipinski definition) is 2. The number of halogens is 1. The molecular formula is C17H20FNO2. The number of rotatable bonds is 3. The predicted octanol–water partition coefficient (Wildman–Crippen LogP) is 2.62. The highest BCUT2D eigenvalue weighted by Gasteiger charge is 2.30. The van der Waals surface area contributed by atoms with E-state index in [1.807, 2.05) is 6.92 Å². The molecule has 0 unspecified atom stereocenters. The first-order valence-corrected chi connectivity index (χ1v) is 7.26. The first kappa shape index (κ1) is 15.5. The molecule has 0 heterocycles. The molecule has 4 heteroatoms. The third-order valence-electron chi connectivity index (χ3n) is 3.81. The number of hydrogen-bond acceptors (Lipinski definition) is 2. The normalized spacial score (nSPS) is 16.1. The van der Waals surface area contributed by atoms with Crippen LogP contribution in [-0.2, 0) is 0 Å². The van der Waals surface area contributed by atoms with E-state index in [4.69, 9.17) is 5.11 Å². The number of aliphatic hydroxyl groups excluding tert-OH is 1. The Balaban J connectivity index is 2.23. The van der Waals surface area contributed by atoms with Gasteiger partial charge in [-0.3, -0.25) is 4.79 Å². The zero-order chi connectivity index (χ0) is 15.3. The Morgan fingerprint density at radius 3 is 2.81 bits per heavy atom. The van der Waals surface area contributed by atoms with E-state index < -0.39 is 5.82 Å². The lowest BCUT2D eigenvalue weighted by Gasteiger charge is -2.25. The summed E-state index contributed by atoms with van der Waals surface area (Å²) in [6, 6.07) is 4.01. The van der Waals surface area contributed by atoms with Crippen LogP contribution in [0.1, 0.15) is 54.9 Å². The van der Waals surface area contributed by atoms with Crippen LogP contribution in [0.4, 0.5) is 4.39 Å². The number of benzene rings is 1. The maximum Gasteiger partial charge on any atom is 0.253 e. The van der Waals surface area contributed by atoms with E-state index in [0.717, 1.165) is 25.7 Å². The topological polar surface area (TPSA) is 49.3 Å². The Morgan fingerprint density at radius 2 is 2.14 bits per heavy atom. The molecule has 3 nitrogen and oxygen atoms in total. The third kappa shape index (κ3) is 4.05. The highest BCUT2D eigenvalue weighted by molar-refractivity contribution is 5.97. The van der Waals surface area contributed by atoms with Gasteiger partial charge in [-0.1, -0.05) is 24.7 Å². The van der Waals surface area contributed by atoms with Gasteiger partial charge in [0, 0.05) is 17.5 Å². The summed E-state index contributed by atoms with van der Waals surface area (Å²) < 4.78 is 13.4. The Hall–Kier alpha value is -1.86. The maximum atomic E-state index is 13.4. The zero-order valence-corrected chi connectivity index (χ0v) is 12.2. The summed E-state index contributed by atoms with van der Waals surface area (Å²) in [7, 11) is 0. The van der Waals surface area contributed by atoms with E-state index in [0.29, 0.717) is 12.0 Å². The van der Waals surface area contributed by atoms with Crippen molar-refractivity contribution >= 4 is 5.91 Å². The Bertz CT molecular complexity index is 580. The monoisotopic (exact) mass is 289 g/mol. The average molecular weight is 289 g/mol. The van der Waals surface area contributed by atoms with Gasteiger partial charge in [0.25, 0.3) is 5.91 Å². The molecular weight excluding hydrogens is 269 g/mol. The van der Waals surface area contributed by atoms with Crippen molar-refractivity contribution in [2.75, 3.05) is 6.61 Å². The van der Waals surface area contributed by atoms with Crippen LogP contribution in [0.15, 0.2) is 18.2 Å². The van der Waals surface area contributed by atoms with Gasteiger partial charge in [0.2, 0.25) is 0 Å². The minimum absolute atomic E-state index is 0.0339. The fourth-order valence-electron chi connectivity index (χ4n) is 2.65. The summed E-state index contributed by atoms with van der Waals surface area (Å²) in [4.78, 5) is 12.4. The van der Waals surface area contributed by atoms with Gasteiger partial charge in [0.1, 0.15) is 5.82 Å². The lowest BCUT2D eigenvalue weighted by molar-refractivity contribution is 0.0907. The molecule has 0 spiro atoms.